The summed E-state index contributed by atoms with van der Waals surface area (Å²) in [7, 11) is 0. The van der Waals surface area contributed by atoms with Crippen molar-refractivity contribution in [1.29, 1.82) is 0 Å². The lowest BCUT2D eigenvalue weighted by Crippen LogP contribution is -1.98. The van der Waals surface area contributed by atoms with Crippen LogP contribution in [0.1, 0.15) is 28.7 Å². The van der Waals surface area contributed by atoms with Crippen molar-refractivity contribution in [3.63, 3.8) is 0 Å². The minimum absolute atomic E-state index is 0.380. The fourth-order valence-corrected chi connectivity index (χ4v) is 2.04. The lowest BCUT2D eigenvalue weighted by atomic mass is 10.1. The van der Waals surface area contributed by atoms with Crippen molar-refractivity contribution in [3.8, 4) is 11.5 Å². The van der Waals surface area contributed by atoms with Gasteiger partial charge in [0.1, 0.15) is 17.7 Å². The van der Waals surface area contributed by atoms with Crippen LogP contribution in [0.4, 0.5) is 0 Å². The molecule has 0 bridgehead atoms. The van der Waals surface area contributed by atoms with E-state index in [2.05, 4.69) is 20.1 Å². The summed E-state index contributed by atoms with van der Waals surface area (Å²) in [5.41, 5.74) is 3.63. The molecule has 0 radical (unpaired) electrons. The average Bonchev–Trinajstić information content (AvgIpc) is 2.89. The predicted molar refractivity (Wildman–Crippen MR) is 73.5 cm³/mol. The Balaban J connectivity index is 2.21. The number of fused-ring (bicyclic) bond motifs is 1. The second-order valence-electron chi connectivity index (χ2n) is 4.48. The van der Waals surface area contributed by atoms with Crippen LogP contribution in [-0.4, -0.2) is 30.9 Å². The van der Waals surface area contributed by atoms with Crippen LogP contribution in [0, 0.1) is 6.92 Å². The van der Waals surface area contributed by atoms with Gasteiger partial charge in [-0.25, -0.2) is 19.5 Å². The third-order valence-corrected chi connectivity index (χ3v) is 3.08. The summed E-state index contributed by atoms with van der Waals surface area (Å²) in [6, 6.07) is 5.45. The molecule has 0 atom stereocenters. The van der Waals surface area contributed by atoms with Gasteiger partial charge in [0, 0.05) is 11.8 Å². The summed E-state index contributed by atoms with van der Waals surface area (Å²) in [6.07, 6.45) is 3.15. The normalized spacial score (nSPS) is 10.9. The van der Waals surface area contributed by atoms with Crippen molar-refractivity contribution in [3.05, 3.63) is 41.5 Å². The number of aryl methyl sites for hydroxylation is 2. The maximum absolute atomic E-state index is 10.9. The fraction of sp³-hybridized carbons (Fsp3) is 0.214. The Morgan fingerprint density at radius 3 is 2.90 bits per heavy atom. The molecule has 0 unspecified atom stereocenters. The highest BCUT2D eigenvalue weighted by atomic mass is 16.1. The van der Waals surface area contributed by atoms with Gasteiger partial charge in [-0.3, -0.25) is 4.79 Å². The topological polar surface area (TPSA) is 73.0 Å². The lowest BCUT2D eigenvalue weighted by molar-refractivity contribution is 0.111. The molecule has 0 saturated carbocycles. The smallest absolute Gasteiger partial charge is 0.201 e. The van der Waals surface area contributed by atoms with Crippen LogP contribution in [0.25, 0.3) is 17.2 Å². The highest BCUT2D eigenvalue weighted by Gasteiger charge is 2.13. The summed E-state index contributed by atoms with van der Waals surface area (Å²) in [4.78, 5) is 23.8. The van der Waals surface area contributed by atoms with Crippen molar-refractivity contribution in [2.24, 2.45) is 0 Å². The summed E-state index contributed by atoms with van der Waals surface area (Å²) < 4.78 is 1.61. The summed E-state index contributed by atoms with van der Waals surface area (Å²) in [5, 5.41) is 4.37. The van der Waals surface area contributed by atoms with E-state index in [0.717, 1.165) is 24.0 Å². The van der Waals surface area contributed by atoms with E-state index in [1.165, 1.54) is 0 Å². The number of hydrogen-bond donors (Lipinski definition) is 0. The molecule has 0 amide bonds. The number of nitrogens with zero attached hydrogens (tertiary/aromatic N) is 5. The highest BCUT2D eigenvalue weighted by molar-refractivity contribution is 5.74. The van der Waals surface area contributed by atoms with E-state index in [-0.39, 0.29) is 0 Å². The van der Waals surface area contributed by atoms with Gasteiger partial charge in [0.15, 0.2) is 11.9 Å². The second kappa shape index (κ2) is 4.80. The number of aldehydes is 1. The number of pyridine rings is 1. The van der Waals surface area contributed by atoms with Gasteiger partial charge in [-0.1, -0.05) is 13.0 Å². The third-order valence-electron chi connectivity index (χ3n) is 3.08. The first-order valence-corrected chi connectivity index (χ1v) is 6.35. The third kappa shape index (κ3) is 2.05. The van der Waals surface area contributed by atoms with Gasteiger partial charge >= 0.3 is 0 Å². The van der Waals surface area contributed by atoms with Crippen LogP contribution in [0.3, 0.4) is 0 Å². The Morgan fingerprint density at radius 2 is 2.15 bits per heavy atom. The summed E-state index contributed by atoms with van der Waals surface area (Å²) in [5.74, 6) is 0.512. The molecule has 6 heteroatoms. The number of aromatic nitrogens is 5. The Morgan fingerprint density at radius 1 is 1.30 bits per heavy atom. The van der Waals surface area contributed by atoms with Crippen LogP contribution in [-0.2, 0) is 6.42 Å². The zero-order valence-corrected chi connectivity index (χ0v) is 11.2. The monoisotopic (exact) mass is 267 g/mol. The van der Waals surface area contributed by atoms with Gasteiger partial charge in [-0.2, -0.15) is 0 Å². The molecule has 0 spiro atoms. The van der Waals surface area contributed by atoms with Crippen molar-refractivity contribution in [2.45, 2.75) is 20.3 Å². The van der Waals surface area contributed by atoms with Crippen molar-refractivity contribution in [2.75, 3.05) is 0 Å². The minimum Gasteiger partial charge on any atom is -0.296 e. The van der Waals surface area contributed by atoms with E-state index >= 15 is 0 Å². The average molecular weight is 267 g/mol. The molecule has 0 aromatic carbocycles. The molecule has 0 fully saturated rings. The first kappa shape index (κ1) is 12.4. The molecule has 3 aromatic rings. The Hall–Kier alpha value is -2.63. The van der Waals surface area contributed by atoms with Gasteiger partial charge in [-0.05, 0) is 25.0 Å². The zero-order valence-electron chi connectivity index (χ0n) is 11.2. The SMILES string of the molecule is CCc1ccc(C=O)nc1-c1nc2cc(C)ncn2n1. The maximum Gasteiger partial charge on any atom is 0.201 e. The van der Waals surface area contributed by atoms with Crippen LogP contribution in [0.2, 0.25) is 0 Å². The molecule has 6 nitrogen and oxygen atoms in total. The van der Waals surface area contributed by atoms with Crippen molar-refractivity contribution < 1.29 is 4.79 Å². The second-order valence-corrected chi connectivity index (χ2v) is 4.48. The molecule has 0 aliphatic carbocycles. The minimum atomic E-state index is 0.380. The molecule has 20 heavy (non-hydrogen) atoms. The predicted octanol–water partition coefficient (Wildman–Crippen LogP) is 1.87. The zero-order chi connectivity index (χ0) is 14.1. The molecule has 0 aliphatic rings. The maximum atomic E-state index is 10.9. The highest BCUT2D eigenvalue weighted by Crippen LogP contribution is 2.20. The number of carbonyl (C=O) groups is 1. The standard InChI is InChI=1S/C14H13N5O/c1-3-10-4-5-11(7-20)16-13(10)14-17-12-6-9(2)15-8-19(12)18-14/h4-8H,3H2,1-2H3. The molecule has 100 valence electrons. The van der Waals surface area contributed by atoms with Gasteiger partial charge in [0.25, 0.3) is 0 Å². The lowest BCUT2D eigenvalue weighted by Gasteiger charge is -2.03. The first-order chi connectivity index (χ1) is 9.71. The van der Waals surface area contributed by atoms with Gasteiger partial charge in [-0.15, -0.1) is 5.10 Å². The number of carbonyl (C=O) groups excluding carboxylic acids is 1. The molecule has 3 rings (SSSR count). The van der Waals surface area contributed by atoms with E-state index in [9.17, 15) is 4.79 Å². The number of hydrogen-bond acceptors (Lipinski definition) is 5. The summed E-state index contributed by atoms with van der Waals surface area (Å²) in [6.45, 7) is 3.93. The van der Waals surface area contributed by atoms with E-state index in [1.807, 2.05) is 26.0 Å². The van der Waals surface area contributed by atoms with Gasteiger partial charge < -0.3 is 0 Å². The molecule has 3 aromatic heterocycles. The van der Waals surface area contributed by atoms with Crippen molar-refractivity contribution in [1.82, 2.24) is 24.6 Å². The van der Waals surface area contributed by atoms with Crippen LogP contribution < -0.4 is 0 Å². The molecular weight excluding hydrogens is 254 g/mol. The Bertz CT molecular complexity index is 793. The Kier molecular flexibility index (Phi) is 2.98. The molecule has 0 saturated heterocycles. The van der Waals surface area contributed by atoms with Gasteiger partial charge in [0.2, 0.25) is 5.82 Å². The quantitative estimate of drug-likeness (QED) is 0.677. The van der Waals surface area contributed by atoms with Gasteiger partial charge in [0.05, 0.1) is 0 Å². The van der Waals surface area contributed by atoms with Crippen LogP contribution in [0.5, 0.6) is 0 Å². The molecule has 0 aliphatic heterocycles. The molecule has 0 N–H and O–H groups in total. The number of rotatable bonds is 3. The van der Waals surface area contributed by atoms with Crippen LogP contribution in [0.15, 0.2) is 24.5 Å². The molecule has 3 heterocycles. The molecular formula is C14H13N5O. The Labute approximate surface area is 115 Å². The summed E-state index contributed by atoms with van der Waals surface area (Å²) >= 11 is 0. The largest absolute Gasteiger partial charge is 0.296 e. The van der Waals surface area contributed by atoms with E-state index in [1.54, 1.807) is 16.9 Å². The fourth-order valence-electron chi connectivity index (χ4n) is 2.04. The first-order valence-electron chi connectivity index (χ1n) is 6.35. The van der Waals surface area contributed by atoms with Crippen molar-refractivity contribution >= 4 is 11.9 Å². The van der Waals surface area contributed by atoms with E-state index in [0.29, 0.717) is 22.9 Å². The van der Waals surface area contributed by atoms with E-state index in [4.69, 9.17) is 0 Å². The van der Waals surface area contributed by atoms with Crippen LogP contribution >= 0.6 is 0 Å². The van der Waals surface area contributed by atoms with E-state index < -0.39 is 0 Å².